The van der Waals surface area contributed by atoms with Crippen LogP contribution in [0.25, 0.3) is 0 Å². The minimum absolute atomic E-state index is 0.0163. The van der Waals surface area contributed by atoms with E-state index in [1.807, 2.05) is 20.8 Å². The number of sulfonamides is 1. The Morgan fingerprint density at radius 2 is 1.51 bits per heavy atom. The molecule has 1 N–H and O–H groups in total. The summed E-state index contributed by atoms with van der Waals surface area (Å²) in [7, 11) is 1.19. The number of ether oxygens (including phenoxy) is 4. The molecule has 13 heteroatoms. The molecule has 244 valence electrons. The fourth-order valence-electron chi connectivity index (χ4n) is 4.50. The van der Waals surface area contributed by atoms with Crippen molar-refractivity contribution in [1.82, 2.24) is 10.2 Å². The van der Waals surface area contributed by atoms with Gasteiger partial charge in [-0.25, -0.2) is 8.42 Å². The number of carbonyl (C=O) groups excluding carboxylic acids is 2. The van der Waals surface area contributed by atoms with Crippen LogP contribution in [0.2, 0.25) is 5.02 Å². The first-order valence-electron chi connectivity index (χ1n) is 14.0. The molecule has 0 aliphatic rings. The maximum absolute atomic E-state index is 14.4. The normalized spacial score (nSPS) is 12.1. The lowest BCUT2D eigenvalue weighted by molar-refractivity contribution is -0.140. The van der Waals surface area contributed by atoms with E-state index in [9.17, 15) is 18.0 Å². The predicted octanol–water partition coefficient (Wildman–Crippen LogP) is 4.90. The van der Waals surface area contributed by atoms with Gasteiger partial charge in [0.2, 0.25) is 11.8 Å². The Hall–Kier alpha value is -4.16. The molecule has 0 fully saturated rings. The lowest BCUT2D eigenvalue weighted by Crippen LogP contribution is -2.54. The van der Waals surface area contributed by atoms with E-state index in [0.29, 0.717) is 22.1 Å². The summed E-state index contributed by atoms with van der Waals surface area (Å²) in [4.78, 5) is 28.7. The summed E-state index contributed by atoms with van der Waals surface area (Å²) >= 11 is 6.22. The highest BCUT2D eigenvalue weighted by atomic mass is 35.5. The van der Waals surface area contributed by atoms with Crippen LogP contribution in [0.4, 0.5) is 5.69 Å². The molecule has 3 rings (SSSR count). The predicted molar refractivity (Wildman–Crippen MR) is 173 cm³/mol. The van der Waals surface area contributed by atoms with Crippen molar-refractivity contribution in [1.29, 1.82) is 0 Å². The maximum Gasteiger partial charge on any atom is 0.265 e. The second kappa shape index (κ2) is 14.7. The van der Waals surface area contributed by atoms with Crippen molar-refractivity contribution in [3.8, 4) is 23.0 Å². The number of anilines is 1. The van der Waals surface area contributed by atoms with E-state index < -0.39 is 40.0 Å². The third kappa shape index (κ3) is 8.73. The Labute approximate surface area is 270 Å². The van der Waals surface area contributed by atoms with Gasteiger partial charge < -0.3 is 29.2 Å². The minimum atomic E-state index is -4.46. The highest BCUT2D eigenvalue weighted by Crippen LogP contribution is 2.38. The fourth-order valence-corrected chi connectivity index (χ4v) is 6.14. The molecule has 1 atom stereocenters. The van der Waals surface area contributed by atoms with Crippen LogP contribution in [0, 0.1) is 0 Å². The summed E-state index contributed by atoms with van der Waals surface area (Å²) < 4.78 is 51.2. The van der Waals surface area contributed by atoms with Gasteiger partial charge in [0, 0.05) is 29.2 Å². The molecule has 0 aromatic heterocycles. The minimum Gasteiger partial charge on any atom is -0.497 e. The standard InChI is InChI=1S/C32H40ClN3O8S/c1-21(31(38)34-32(2,3)4)35(19-22-10-9-11-23(33)16-22)30(37)20-36(26-17-24(41-5)12-14-27(26)42-6)45(39,40)25-13-15-28(43-7)29(18-25)44-8/h9-18,21H,19-20H2,1-8H3,(H,34,38)/t21-/m0/s1. The number of methoxy groups -OCH3 is 4. The molecule has 2 amide bonds. The van der Waals surface area contributed by atoms with E-state index in [2.05, 4.69) is 5.32 Å². The van der Waals surface area contributed by atoms with Crippen LogP contribution in [0.1, 0.15) is 33.3 Å². The first-order chi connectivity index (χ1) is 21.1. The maximum atomic E-state index is 14.4. The third-order valence-corrected chi connectivity index (χ3v) is 8.77. The van der Waals surface area contributed by atoms with E-state index in [1.165, 1.54) is 57.6 Å². The number of nitrogens with one attached hydrogen (secondary N) is 1. The molecular weight excluding hydrogens is 622 g/mol. The van der Waals surface area contributed by atoms with Crippen molar-refractivity contribution in [2.24, 2.45) is 0 Å². The Morgan fingerprint density at radius 1 is 0.867 bits per heavy atom. The molecule has 3 aromatic rings. The van der Waals surface area contributed by atoms with E-state index in [4.69, 9.17) is 30.5 Å². The number of nitrogens with zero attached hydrogens (tertiary/aromatic N) is 2. The highest BCUT2D eigenvalue weighted by Gasteiger charge is 2.35. The lowest BCUT2D eigenvalue weighted by Gasteiger charge is -2.34. The number of hydrogen-bond donors (Lipinski definition) is 1. The third-order valence-electron chi connectivity index (χ3n) is 6.78. The van der Waals surface area contributed by atoms with Gasteiger partial charge >= 0.3 is 0 Å². The van der Waals surface area contributed by atoms with Crippen molar-refractivity contribution >= 4 is 39.1 Å². The van der Waals surface area contributed by atoms with Gasteiger partial charge in [0.25, 0.3) is 10.0 Å². The summed E-state index contributed by atoms with van der Waals surface area (Å²) in [5, 5.41) is 3.35. The van der Waals surface area contributed by atoms with E-state index in [0.717, 1.165) is 4.31 Å². The van der Waals surface area contributed by atoms with Crippen LogP contribution >= 0.6 is 11.6 Å². The fraction of sp³-hybridized carbons (Fsp3) is 0.375. The Balaban J connectivity index is 2.18. The Bertz CT molecular complexity index is 1620. The highest BCUT2D eigenvalue weighted by molar-refractivity contribution is 7.92. The van der Waals surface area contributed by atoms with Crippen LogP contribution < -0.4 is 28.6 Å². The average Bonchev–Trinajstić information content (AvgIpc) is 3.00. The van der Waals surface area contributed by atoms with Gasteiger partial charge in [-0.3, -0.25) is 13.9 Å². The second-order valence-electron chi connectivity index (χ2n) is 11.1. The first kappa shape index (κ1) is 35.3. The molecule has 0 radical (unpaired) electrons. The van der Waals surface area contributed by atoms with Crippen molar-refractivity contribution in [2.45, 2.75) is 50.7 Å². The number of amides is 2. The topological polar surface area (TPSA) is 124 Å². The SMILES string of the molecule is COc1ccc(OC)c(N(CC(=O)N(Cc2cccc(Cl)c2)[C@@H](C)C(=O)NC(C)(C)C)S(=O)(=O)c2ccc(OC)c(OC)c2)c1. The van der Waals surface area contributed by atoms with E-state index in [1.54, 1.807) is 43.3 Å². The number of carbonyl (C=O) groups is 2. The quantitative estimate of drug-likeness (QED) is 0.274. The molecule has 0 saturated heterocycles. The summed E-state index contributed by atoms with van der Waals surface area (Å²) in [5.41, 5.74) is 0.126. The molecule has 0 heterocycles. The van der Waals surface area contributed by atoms with E-state index in [-0.39, 0.29) is 28.6 Å². The summed E-state index contributed by atoms with van der Waals surface area (Å²) in [5.74, 6) is -0.0550. The largest absolute Gasteiger partial charge is 0.497 e. The Morgan fingerprint density at radius 3 is 2.09 bits per heavy atom. The van der Waals surface area contributed by atoms with Crippen molar-refractivity contribution in [2.75, 3.05) is 39.3 Å². The molecule has 0 aliphatic heterocycles. The second-order valence-corrected chi connectivity index (χ2v) is 13.4. The molecule has 45 heavy (non-hydrogen) atoms. The number of hydrogen-bond acceptors (Lipinski definition) is 8. The van der Waals surface area contributed by atoms with Crippen LogP contribution in [0.3, 0.4) is 0 Å². The number of rotatable bonds is 13. The van der Waals surface area contributed by atoms with Gasteiger partial charge in [-0.2, -0.15) is 0 Å². The number of halogens is 1. The zero-order valence-electron chi connectivity index (χ0n) is 26.7. The van der Waals surface area contributed by atoms with Crippen molar-refractivity contribution < 1.29 is 37.0 Å². The van der Waals surface area contributed by atoms with Gasteiger partial charge in [-0.15, -0.1) is 0 Å². The summed E-state index contributed by atoms with van der Waals surface area (Å²) in [6.45, 7) is 6.36. The zero-order valence-corrected chi connectivity index (χ0v) is 28.3. The Kier molecular flexibility index (Phi) is 11.6. The van der Waals surface area contributed by atoms with Gasteiger partial charge in [-0.1, -0.05) is 23.7 Å². The van der Waals surface area contributed by atoms with Crippen LogP contribution in [-0.2, 0) is 26.2 Å². The molecule has 3 aromatic carbocycles. The van der Waals surface area contributed by atoms with E-state index >= 15 is 0 Å². The summed E-state index contributed by atoms with van der Waals surface area (Å²) in [6.07, 6.45) is 0. The summed E-state index contributed by atoms with van der Waals surface area (Å²) in [6, 6.07) is 14.6. The van der Waals surface area contributed by atoms with Crippen LogP contribution in [-0.4, -0.2) is 71.7 Å². The molecule has 0 saturated carbocycles. The van der Waals surface area contributed by atoms with Crippen LogP contribution in [0.5, 0.6) is 23.0 Å². The lowest BCUT2D eigenvalue weighted by atomic mass is 10.1. The van der Waals surface area contributed by atoms with Crippen molar-refractivity contribution in [3.63, 3.8) is 0 Å². The van der Waals surface area contributed by atoms with Gasteiger partial charge in [0.05, 0.1) is 39.0 Å². The number of benzene rings is 3. The molecule has 0 unspecified atom stereocenters. The van der Waals surface area contributed by atoms with Gasteiger partial charge in [0.1, 0.15) is 24.1 Å². The molecule has 0 bridgehead atoms. The first-order valence-corrected chi connectivity index (χ1v) is 15.8. The van der Waals surface area contributed by atoms with Crippen molar-refractivity contribution in [3.05, 3.63) is 71.2 Å². The van der Waals surface area contributed by atoms with Gasteiger partial charge in [0.15, 0.2) is 11.5 Å². The molecule has 0 spiro atoms. The van der Waals surface area contributed by atoms with Crippen LogP contribution in [0.15, 0.2) is 65.6 Å². The zero-order chi connectivity index (χ0) is 33.5. The molecular formula is C32H40ClN3O8S. The smallest absolute Gasteiger partial charge is 0.265 e. The molecule has 11 nitrogen and oxygen atoms in total. The molecule has 0 aliphatic carbocycles. The average molecular weight is 662 g/mol. The monoisotopic (exact) mass is 661 g/mol. The van der Waals surface area contributed by atoms with Gasteiger partial charge in [-0.05, 0) is 69.7 Å².